The van der Waals surface area contributed by atoms with Crippen LogP contribution in [0.4, 0.5) is 5.69 Å². The molecule has 0 bridgehead atoms. The SMILES string of the molecule is CCCC(C)c1ccc(N2C(N)=NC(N)=NC2(C)C)cc1.Cl. The summed E-state index contributed by atoms with van der Waals surface area (Å²) in [6.07, 6.45) is 2.38. The molecule has 2 rings (SSSR count). The molecule has 1 aliphatic rings. The zero-order valence-electron chi connectivity index (χ0n) is 13.7. The van der Waals surface area contributed by atoms with Crippen molar-refractivity contribution in [2.24, 2.45) is 21.5 Å². The normalized spacial score (nSPS) is 18.1. The van der Waals surface area contributed by atoms with Gasteiger partial charge in [0.2, 0.25) is 11.9 Å². The molecule has 6 heteroatoms. The monoisotopic (exact) mass is 323 g/mol. The first-order valence-electron chi connectivity index (χ1n) is 7.45. The number of guanidine groups is 2. The molecule has 0 aromatic heterocycles. The van der Waals surface area contributed by atoms with Crippen LogP contribution in [0.15, 0.2) is 34.3 Å². The van der Waals surface area contributed by atoms with E-state index in [0.29, 0.717) is 11.9 Å². The second-order valence-corrected chi connectivity index (χ2v) is 6.05. The molecule has 1 aliphatic heterocycles. The van der Waals surface area contributed by atoms with E-state index in [1.54, 1.807) is 0 Å². The van der Waals surface area contributed by atoms with Crippen LogP contribution in [0.1, 0.15) is 52.0 Å². The van der Waals surface area contributed by atoms with E-state index in [2.05, 4.69) is 48.1 Å². The predicted molar refractivity (Wildman–Crippen MR) is 96.8 cm³/mol. The van der Waals surface area contributed by atoms with E-state index < -0.39 is 5.66 Å². The van der Waals surface area contributed by atoms with Crippen molar-refractivity contribution >= 4 is 30.0 Å². The third-order valence-electron chi connectivity index (χ3n) is 3.84. The Labute approximate surface area is 138 Å². The molecular formula is C16H26ClN5. The van der Waals surface area contributed by atoms with Crippen molar-refractivity contribution in [2.45, 2.75) is 52.1 Å². The highest BCUT2D eigenvalue weighted by molar-refractivity contribution is 6.05. The molecule has 0 spiro atoms. The van der Waals surface area contributed by atoms with E-state index in [0.717, 1.165) is 5.69 Å². The van der Waals surface area contributed by atoms with Gasteiger partial charge in [0, 0.05) is 5.69 Å². The molecule has 5 nitrogen and oxygen atoms in total. The maximum atomic E-state index is 6.04. The summed E-state index contributed by atoms with van der Waals surface area (Å²) in [6, 6.07) is 8.45. The lowest BCUT2D eigenvalue weighted by Crippen LogP contribution is -2.54. The van der Waals surface area contributed by atoms with Gasteiger partial charge in [-0.25, -0.2) is 4.99 Å². The van der Waals surface area contributed by atoms with Crippen molar-refractivity contribution in [1.82, 2.24) is 0 Å². The molecule has 1 unspecified atom stereocenters. The van der Waals surface area contributed by atoms with Crippen LogP contribution in [0.25, 0.3) is 0 Å². The first kappa shape index (κ1) is 18.3. The first-order chi connectivity index (χ1) is 9.85. The summed E-state index contributed by atoms with van der Waals surface area (Å²) in [5.41, 5.74) is 13.5. The smallest absolute Gasteiger partial charge is 0.220 e. The number of nitrogens with two attached hydrogens (primary N) is 2. The lowest BCUT2D eigenvalue weighted by Gasteiger charge is -2.38. The number of anilines is 1. The maximum absolute atomic E-state index is 6.04. The first-order valence-corrected chi connectivity index (χ1v) is 7.45. The van der Waals surface area contributed by atoms with Crippen LogP contribution in [0.2, 0.25) is 0 Å². The highest BCUT2D eigenvalue weighted by Crippen LogP contribution is 2.29. The van der Waals surface area contributed by atoms with E-state index in [-0.39, 0.29) is 18.4 Å². The molecule has 0 fully saturated rings. The van der Waals surface area contributed by atoms with Gasteiger partial charge in [-0.05, 0) is 43.9 Å². The van der Waals surface area contributed by atoms with Gasteiger partial charge in [0.05, 0.1) is 0 Å². The minimum atomic E-state index is -0.535. The number of benzene rings is 1. The fraction of sp³-hybridized carbons (Fsp3) is 0.500. The number of hydrogen-bond donors (Lipinski definition) is 2. The van der Waals surface area contributed by atoms with Crippen LogP contribution in [0.5, 0.6) is 0 Å². The molecule has 1 atom stereocenters. The van der Waals surface area contributed by atoms with Crippen LogP contribution >= 0.6 is 12.4 Å². The fourth-order valence-corrected chi connectivity index (χ4v) is 2.80. The summed E-state index contributed by atoms with van der Waals surface area (Å²) in [6.45, 7) is 8.40. The van der Waals surface area contributed by atoms with Crippen LogP contribution in [-0.2, 0) is 0 Å². The van der Waals surface area contributed by atoms with Crippen LogP contribution in [0, 0.1) is 0 Å². The van der Waals surface area contributed by atoms with E-state index >= 15 is 0 Å². The van der Waals surface area contributed by atoms with Gasteiger partial charge in [0.15, 0.2) is 0 Å². The summed E-state index contributed by atoms with van der Waals surface area (Å²) >= 11 is 0. The van der Waals surface area contributed by atoms with Crippen molar-refractivity contribution in [3.05, 3.63) is 29.8 Å². The van der Waals surface area contributed by atoms with E-state index in [9.17, 15) is 0 Å². The van der Waals surface area contributed by atoms with Gasteiger partial charge in [0.1, 0.15) is 5.66 Å². The fourth-order valence-electron chi connectivity index (χ4n) is 2.80. The molecule has 1 aromatic carbocycles. The zero-order chi connectivity index (χ0) is 15.6. The Hall–Kier alpha value is -1.75. The van der Waals surface area contributed by atoms with Crippen molar-refractivity contribution < 1.29 is 0 Å². The lowest BCUT2D eigenvalue weighted by atomic mass is 9.96. The van der Waals surface area contributed by atoms with Crippen molar-refractivity contribution in [1.29, 1.82) is 0 Å². The third kappa shape index (κ3) is 3.71. The van der Waals surface area contributed by atoms with Crippen LogP contribution in [0.3, 0.4) is 0 Å². The average molecular weight is 324 g/mol. The second kappa shape index (κ2) is 7.01. The minimum absolute atomic E-state index is 0. The van der Waals surface area contributed by atoms with E-state index in [1.165, 1.54) is 18.4 Å². The third-order valence-corrected chi connectivity index (χ3v) is 3.84. The molecule has 0 aliphatic carbocycles. The second-order valence-electron chi connectivity index (χ2n) is 6.05. The van der Waals surface area contributed by atoms with Gasteiger partial charge < -0.3 is 11.5 Å². The summed E-state index contributed by atoms with van der Waals surface area (Å²) in [4.78, 5) is 10.3. The molecule has 1 heterocycles. The predicted octanol–water partition coefficient (Wildman–Crippen LogP) is 3.20. The summed E-state index contributed by atoms with van der Waals surface area (Å²) in [5.74, 6) is 1.17. The summed E-state index contributed by atoms with van der Waals surface area (Å²) in [7, 11) is 0. The molecule has 0 radical (unpaired) electrons. The Morgan fingerprint density at radius 2 is 1.77 bits per heavy atom. The quantitative estimate of drug-likeness (QED) is 0.892. The van der Waals surface area contributed by atoms with Gasteiger partial charge in [-0.3, -0.25) is 4.90 Å². The summed E-state index contributed by atoms with van der Waals surface area (Å²) < 4.78 is 0. The lowest BCUT2D eigenvalue weighted by molar-refractivity contribution is 0.534. The van der Waals surface area contributed by atoms with Crippen molar-refractivity contribution in [3.8, 4) is 0 Å². The molecule has 4 N–H and O–H groups in total. The van der Waals surface area contributed by atoms with Crippen molar-refractivity contribution in [2.75, 3.05) is 4.90 Å². The minimum Gasteiger partial charge on any atom is -0.369 e. The highest BCUT2D eigenvalue weighted by Gasteiger charge is 2.32. The maximum Gasteiger partial charge on any atom is 0.220 e. The van der Waals surface area contributed by atoms with Gasteiger partial charge in [-0.1, -0.05) is 32.4 Å². The average Bonchev–Trinajstić information content (AvgIpc) is 2.37. The van der Waals surface area contributed by atoms with Gasteiger partial charge in [-0.2, -0.15) is 4.99 Å². The van der Waals surface area contributed by atoms with E-state index in [1.807, 2.05) is 18.7 Å². The number of aliphatic imine (C=N–C) groups is 2. The summed E-state index contributed by atoms with van der Waals surface area (Å²) in [5, 5.41) is 0. The molecular weight excluding hydrogens is 298 g/mol. The Balaban J connectivity index is 0.00000242. The van der Waals surface area contributed by atoms with Gasteiger partial charge in [0.25, 0.3) is 0 Å². The molecule has 122 valence electrons. The van der Waals surface area contributed by atoms with E-state index in [4.69, 9.17) is 11.5 Å². The number of hydrogen-bond acceptors (Lipinski definition) is 5. The highest BCUT2D eigenvalue weighted by atomic mass is 35.5. The topological polar surface area (TPSA) is 80.0 Å². The Kier molecular flexibility index (Phi) is 5.83. The molecule has 1 aromatic rings. The Morgan fingerprint density at radius 1 is 1.18 bits per heavy atom. The number of rotatable bonds is 4. The molecule has 0 amide bonds. The Morgan fingerprint density at radius 3 is 2.27 bits per heavy atom. The van der Waals surface area contributed by atoms with Crippen LogP contribution in [-0.4, -0.2) is 17.6 Å². The van der Waals surface area contributed by atoms with Crippen LogP contribution < -0.4 is 16.4 Å². The van der Waals surface area contributed by atoms with Gasteiger partial charge in [-0.15, -0.1) is 12.4 Å². The Bertz CT molecular complexity index is 562. The molecule has 0 saturated carbocycles. The zero-order valence-corrected chi connectivity index (χ0v) is 14.5. The molecule has 22 heavy (non-hydrogen) atoms. The standard InChI is InChI=1S/C16H25N5.ClH/c1-5-6-11(2)12-7-9-13(10-8-12)21-15(18)19-14(17)20-16(21,3)4;/h7-11H,5-6H2,1-4H3,(H4,17,18,19,20);1H. The largest absolute Gasteiger partial charge is 0.369 e. The number of nitrogens with zero attached hydrogens (tertiary/aromatic N) is 3. The van der Waals surface area contributed by atoms with Gasteiger partial charge >= 0.3 is 0 Å². The number of halogens is 1. The molecule has 0 saturated heterocycles. The van der Waals surface area contributed by atoms with Crippen molar-refractivity contribution in [3.63, 3.8) is 0 Å².